The molecule has 1 aromatic carbocycles. The molecular formula is C17H15N3O4. The van der Waals surface area contributed by atoms with Gasteiger partial charge in [-0.25, -0.2) is 19.6 Å². The van der Waals surface area contributed by atoms with Gasteiger partial charge in [0, 0.05) is 11.8 Å². The average molecular weight is 325 g/mol. The monoisotopic (exact) mass is 325 g/mol. The van der Waals surface area contributed by atoms with E-state index in [9.17, 15) is 9.59 Å². The largest absolute Gasteiger partial charge is 0.464 e. The molecule has 0 fully saturated rings. The number of methoxy groups -OCH3 is 1. The zero-order valence-electron chi connectivity index (χ0n) is 13.2. The zero-order valence-corrected chi connectivity index (χ0v) is 13.2. The number of carbonyl (C=O) groups excluding carboxylic acids is 2. The van der Waals surface area contributed by atoms with Gasteiger partial charge in [-0.05, 0) is 37.3 Å². The fourth-order valence-corrected chi connectivity index (χ4v) is 2.28. The van der Waals surface area contributed by atoms with Crippen molar-refractivity contribution in [2.75, 3.05) is 13.7 Å². The van der Waals surface area contributed by atoms with Gasteiger partial charge in [-0.2, -0.15) is 0 Å². The maximum absolute atomic E-state index is 11.8. The van der Waals surface area contributed by atoms with Crippen LogP contribution in [0.2, 0.25) is 0 Å². The molecule has 1 N–H and O–H groups in total. The second-order valence-electron chi connectivity index (χ2n) is 4.96. The molecule has 0 saturated heterocycles. The molecule has 0 saturated carbocycles. The molecule has 0 aliphatic carbocycles. The zero-order chi connectivity index (χ0) is 17.1. The number of aromatic nitrogens is 3. The van der Waals surface area contributed by atoms with E-state index in [4.69, 9.17) is 4.74 Å². The maximum Gasteiger partial charge on any atom is 0.356 e. The number of esters is 2. The summed E-state index contributed by atoms with van der Waals surface area (Å²) >= 11 is 0. The SMILES string of the molecule is CCOC(=O)c1ccc2nc(-c3ccnc(C(=O)OC)c3)[nH]c2c1. The molecule has 7 heteroatoms. The Balaban J connectivity index is 1.99. The van der Waals surface area contributed by atoms with Crippen LogP contribution < -0.4 is 0 Å². The Bertz CT molecular complexity index is 917. The second-order valence-corrected chi connectivity index (χ2v) is 4.96. The van der Waals surface area contributed by atoms with Gasteiger partial charge < -0.3 is 14.5 Å². The highest BCUT2D eigenvalue weighted by Gasteiger charge is 2.13. The Morgan fingerprint density at radius 2 is 2.00 bits per heavy atom. The van der Waals surface area contributed by atoms with Crippen molar-refractivity contribution in [3.63, 3.8) is 0 Å². The van der Waals surface area contributed by atoms with Crippen LogP contribution in [-0.4, -0.2) is 40.6 Å². The van der Waals surface area contributed by atoms with Crippen molar-refractivity contribution in [2.45, 2.75) is 6.92 Å². The van der Waals surface area contributed by atoms with Crippen LogP contribution in [0.15, 0.2) is 36.5 Å². The summed E-state index contributed by atoms with van der Waals surface area (Å²) in [5, 5.41) is 0. The topological polar surface area (TPSA) is 94.2 Å². The number of nitrogens with one attached hydrogen (secondary N) is 1. The quantitative estimate of drug-likeness (QED) is 0.741. The minimum atomic E-state index is -0.516. The van der Waals surface area contributed by atoms with E-state index in [1.54, 1.807) is 37.3 Å². The molecule has 122 valence electrons. The summed E-state index contributed by atoms with van der Waals surface area (Å²) in [7, 11) is 1.30. The third kappa shape index (κ3) is 2.96. The molecule has 2 heterocycles. The Morgan fingerprint density at radius 1 is 1.17 bits per heavy atom. The lowest BCUT2D eigenvalue weighted by molar-refractivity contribution is 0.0525. The lowest BCUT2D eigenvalue weighted by atomic mass is 10.2. The summed E-state index contributed by atoms with van der Waals surface area (Å²) in [4.78, 5) is 35.0. The maximum atomic E-state index is 11.8. The number of benzene rings is 1. The van der Waals surface area contributed by atoms with E-state index in [1.165, 1.54) is 13.3 Å². The van der Waals surface area contributed by atoms with Crippen LogP contribution in [0.1, 0.15) is 27.8 Å². The minimum absolute atomic E-state index is 0.197. The lowest BCUT2D eigenvalue weighted by Crippen LogP contribution is -2.04. The summed E-state index contributed by atoms with van der Waals surface area (Å²) in [6, 6.07) is 8.42. The normalized spacial score (nSPS) is 10.6. The van der Waals surface area contributed by atoms with Crippen molar-refractivity contribution in [1.29, 1.82) is 0 Å². The van der Waals surface area contributed by atoms with Crippen molar-refractivity contribution < 1.29 is 19.1 Å². The minimum Gasteiger partial charge on any atom is -0.464 e. The van der Waals surface area contributed by atoms with E-state index in [2.05, 4.69) is 19.7 Å². The van der Waals surface area contributed by atoms with Gasteiger partial charge in [-0.1, -0.05) is 0 Å². The van der Waals surface area contributed by atoms with Gasteiger partial charge in [0.15, 0.2) is 0 Å². The number of fused-ring (bicyclic) bond motifs is 1. The van der Waals surface area contributed by atoms with E-state index < -0.39 is 5.97 Å². The number of pyridine rings is 1. The van der Waals surface area contributed by atoms with Crippen LogP contribution in [-0.2, 0) is 9.47 Å². The molecule has 0 atom stereocenters. The molecule has 0 aliphatic rings. The van der Waals surface area contributed by atoms with Crippen LogP contribution in [0.4, 0.5) is 0 Å². The number of ether oxygens (including phenoxy) is 2. The van der Waals surface area contributed by atoms with Crippen LogP contribution >= 0.6 is 0 Å². The standard InChI is InChI=1S/C17H15N3O4/c1-3-24-16(21)11-4-5-12-13(9-11)20-15(19-12)10-6-7-18-14(8-10)17(22)23-2/h4-9H,3H2,1-2H3,(H,19,20). The van der Waals surface area contributed by atoms with E-state index in [-0.39, 0.29) is 11.7 Å². The summed E-state index contributed by atoms with van der Waals surface area (Å²) in [5.41, 5.74) is 2.74. The Morgan fingerprint density at radius 3 is 2.75 bits per heavy atom. The lowest BCUT2D eigenvalue weighted by Gasteiger charge is -2.00. The Labute approximate surface area is 137 Å². The first-order valence-electron chi connectivity index (χ1n) is 7.34. The molecule has 0 bridgehead atoms. The summed E-state index contributed by atoms with van der Waals surface area (Å²) < 4.78 is 9.66. The number of carbonyl (C=O) groups is 2. The summed E-state index contributed by atoms with van der Waals surface area (Å²) in [6.07, 6.45) is 1.51. The molecule has 7 nitrogen and oxygen atoms in total. The van der Waals surface area contributed by atoms with E-state index in [1.807, 2.05) is 0 Å². The number of hydrogen-bond acceptors (Lipinski definition) is 6. The van der Waals surface area contributed by atoms with Crippen LogP contribution in [0.25, 0.3) is 22.4 Å². The second kappa shape index (κ2) is 6.49. The predicted molar refractivity (Wildman–Crippen MR) is 86.6 cm³/mol. The third-order valence-corrected chi connectivity index (χ3v) is 3.42. The molecule has 0 unspecified atom stereocenters. The van der Waals surface area contributed by atoms with E-state index >= 15 is 0 Å². The first kappa shape index (κ1) is 15.7. The van der Waals surface area contributed by atoms with Crippen LogP contribution in [0.5, 0.6) is 0 Å². The number of rotatable bonds is 4. The van der Waals surface area contributed by atoms with Crippen LogP contribution in [0.3, 0.4) is 0 Å². The highest BCUT2D eigenvalue weighted by atomic mass is 16.5. The van der Waals surface area contributed by atoms with Gasteiger partial charge in [0.2, 0.25) is 0 Å². The average Bonchev–Trinajstić information content (AvgIpc) is 3.04. The molecule has 0 amide bonds. The van der Waals surface area contributed by atoms with Crippen molar-refractivity contribution in [3.8, 4) is 11.4 Å². The van der Waals surface area contributed by atoms with Crippen molar-refractivity contribution in [1.82, 2.24) is 15.0 Å². The van der Waals surface area contributed by atoms with E-state index in [0.29, 0.717) is 34.6 Å². The Kier molecular flexibility index (Phi) is 4.24. The summed E-state index contributed by atoms with van der Waals surface area (Å²) in [5.74, 6) is -0.330. The van der Waals surface area contributed by atoms with Crippen molar-refractivity contribution in [2.24, 2.45) is 0 Å². The van der Waals surface area contributed by atoms with Gasteiger partial charge >= 0.3 is 11.9 Å². The fourth-order valence-electron chi connectivity index (χ4n) is 2.28. The van der Waals surface area contributed by atoms with Gasteiger partial charge in [0.05, 0.1) is 30.3 Å². The molecule has 3 aromatic rings. The molecule has 2 aromatic heterocycles. The molecule has 3 rings (SSSR count). The van der Waals surface area contributed by atoms with Gasteiger partial charge in [0.25, 0.3) is 0 Å². The van der Waals surface area contributed by atoms with Gasteiger partial charge in [-0.15, -0.1) is 0 Å². The first-order chi connectivity index (χ1) is 11.6. The number of hydrogen-bond donors (Lipinski definition) is 1. The third-order valence-electron chi connectivity index (χ3n) is 3.42. The van der Waals surface area contributed by atoms with Crippen LogP contribution in [0, 0.1) is 0 Å². The first-order valence-corrected chi connectivity index (χ1v) is 7.34. The fraction of sp³-hybridized carbons (Fsp3) is 0.176. The van der Waals surface area contributed by atoms with Crippen molar-refractivity contribution >= 4 is 23.0 Å². The molecular weight excluding hydrogens is 310 g/mol. The molecule has 0 spiro atoms. The van der Waals surface area contributed by atoms with Crippen molar-refractivity contribution in [3.05, 3.63) is 47.8 Å². The van der Waals surface area contributed by atoms with Gasteiger partial charge in [-0.3, -0.25) is 0 Å². The van der Waals surface area contributed by atoms with E-state index in [0.717, 1.165) is 0 Å². The van der Waals surface area contributed by atoms with Gasteiger partial charge in [0.1, 0.15) is 11.5 Å². The molecule has 0 aliphatic heterocycles. The highest BCUT2D eigenvalue weighted by Crippen LogP contribution is 2.22. The molecule has 0 radical (unpaired) electrons. The highest BCUT2D eigenvalue weighted by molar-refractivity contribution is 5.94. The predicted octanol–water partition coefficient (Wildman–Crippen LogP) is 2.59. The number of imidazole rings is 1. The summed E-state index contributed by atoms with van der Waals surface area (Å²) in [6.45, 7) is 2.07. The smallest absolute Gasteiger partial charge is 0.356 e. The number of nitrogens with zero attached hydrogens (tertiary/aromatic N) is 2. The Hall–Kier alpha value is -3.22. The number of aromatic amines is 1. The molecule has 24 heavy (non-hydrogen) atoms. The number of H-pyrrole nitrogens is 1.